The largest absolute Gasteiger partial charge is 0.472 e. The minimum atomic E-state index is -4.39. The fourth-order valence-corrected chi connectivity index (χ4v) is 7.69. The molecule has 3 N–H and O–H groups in total. The first-order valence-corrected chi connectivity index (χ1v) is 27.6. The molecule has 2 atom stereocenters. The Labute approximate surface area is 398 Å². The predicted molar refractivity (Wildman–Crippen MR) is 275 cm³/mol. The standard InChI is InChI=1S/C55H96NO8P/c1-3-5-7-9-11-13-15-17-19-21-23-24-25-26-27-28-30-32-34-36-38-40-42-44-46-48-55(58)64-53(52-63-65(59,60)62-50-49-56)51-61-54(57)47-45-43-41-39-37-35-33-31-29-22-20-18-16-14-12-10-8-6-4-2/h5,7,11-14,17-20,23-24,29,31,53H,3-4,6,8-10,15-16,21-22,25-28,30,32-52,56H2,1-2H3,(H,59,60)/b7-5-,13-11-,14-12-,19-17-,20-18-,24-23-,31-29-. The minimum Gasteiger partial charge on any atom is -0.462 e. The molecule has 2 unspecified atom stereocenters. The quantitative estimate of drug-likeness (QED) is 0.0265. The highest BCUT2D eigenvalue weighted by Gasteiger charge is 2.26. The average Bonchev–Trinajstić information content (AvgIpc) is 3.30. The lowest BCUT2D eigenvalue weighted by Gasteiger charge is -2.19. The number of nitrogens with two attached hydrogens (primary N) is 1. The van der Waals surface area contributed by atoms with Crippen LogP contribution in [0.2, 0.25) is 0 Å². The Morgan fingerprint density at radius 3 is 1.26 bits per heavy atom. The summed E-state index contributed by atoms with van der Waals surface area (Å²) in [6.07, 6.45) is 64.7. The summed E-state index contributed by atoms with van der Waals surface area (Å²) in [5.41, 5.74) is 5.37. The Kier molecular flexibility index (Phi) is 48.4. The monoisotopic (exact) mass is 930 g/mol. The number of esters is 2. The van der Waals surface area contributed by atoms with Gasteiger partial charge in [-0.1, -0.05) is 202 Å². The zero-order valence-electron chi connectivity index (χ0n) is 41.4. The molecule has 0 aromatic carbocycles. The topological polar surface area (TPSA) is 134 Å². The molecule has 10 heteroatoms. The van der Waals surface area contributed by atoms with Gasteiger partial charge < -0.3 is 20.1 Å². The average molecular weight is 930 g/mol. The summed E-state index contributed by atoms with van der Waals surface area (Å²) in [6.45, 7) is 3.59. The molecule has 0 radical (unpaired) electrons. The van der Waals surface area contributed by atoms with Crippen LogP contribution in [0.3, 0.4) is 0 Å². The van der Waals surface area contributed by atoms with E-state index in [1.165, 1.54) is 96.3 Å². The van der Waals surface area contributed by atoms with Crippen LogP contribution in [0.5, 0.6) is 0 Å². The van der Waals surface area contributed by atoms with E-state index in [0.29, 0.717) is 12.8 Å². The van der Waals surface area contributed by atoms with Gasteiger partial charge in [0.1, 0.15) is 6.61 Å². The molecule has 0 aromatic rings. The lowest BCUT2D eigenvalue weighted by Crippen LogP contribution is -2.29. The summed E-state index contributed by atoms with van der Waals surface area (Å²) in [5.74, 6) is -0.846. The zero-order valence-corrected chi connectivity index (χ0v) is 42.3. The van der Waals surface area contributed by atoms with Crippen LogP contribution in [0, 0.1) is 0 Å². The lowest BCUT2D eigenvalue weighted by atomic mass is 10.0. The van der Waals surface area contributed by atoms with E-state index in [-0.39, 0.29) is 32.6 Å². The molecular weight excluding hydrogens is 834 g/mol. The number of unbranched alkanes of at least 4 members (excludes halogenated alkanes) is 21. The van der Waals surface area contributed by atoms with E-state index in [2.05, 4.69) is 98.9 Å². The normalized spacial score (nSPS) is 13.8. The van der Waals surface area contributed by atoms with E-state index < -0.39 is 32.5 Å². The maximum absolute atomic E-state index is 12.7. The molecule has 0 heterocycles. The number of carbonyl (C=O) groups excluding carboxylic acids is 2. The van der Waals surface area contributed by atoms with Crippen molar-refractivity contribution in [2.45, 2.75) is 225 Å². The fraction of sp³-hybridized carbons (Fsp3) is 0.709. The molecule has 0 aliphatic rings. The van der Waals surface area contributed by atoms with E-state index in [0.717, 1.165) is 83.5 Å². The van der Waals surface area contributed by atoms with Crippen LogP contribution in [-0.2, 0) is 32.7 Å². The van der Waals surface area contributed by atoms with Crippen molar-refractivity contribution in [1.29, 1.82) is 0 Å². The number of hydrogen-bond donors (Lipinski definition) is 2. The number of carbonyl (C=O) groups is 2. The summed E-state index contributed by atoms with van der Waals surface area (Å²) < 4.78 is 32.9. The van der Waals surface area contributed by atoms with Crippen LogP contribution < -0.4 is 5.73 Å². The highest BCUT2D eigenvalue weighted by atomic mass is 31.2. The van der Waals surface area contributed by atoms with Crippen molar-refractivity contribution >= 4 is 19.8 Å². The van der Waals surface area contributed by atoms with Crippen LogP contribution in [0.1, 0.15) is 219 Å². The third-order valence-electron chi connectivity index (χ3n) is 10.8. The van der Waals surface area contributed by atoms with Gasteiger partial charge in [0.15, 0.2) is 6.10 Å². The van der Waals surface area contributed by atoms with E-state index in [9.17, 15) is 19.0 Å². The number of phosphoric acid groups is 1. The van der Waals surface area contributed by atoms with Crippen LogP contribution in [0.25, 0.3) is 0 Å². The molecule has 0 rings (SSSR count). The van der Waals surface area contributed by atoms with Crippen molar-refractivity contribution in [2.75, 3.05) is 26.4 Å². The summed E-state index contributed by atoms with van der Waals surface area (Å²) in [4.78, 5) is 35.1. The second-order valence-electron chi connectivity index (χ2n) is 17.0. The molecule has 0 aliphatic carbocycles. The van der Waals surface area contributed by atoms with Gasteiger partial charge in [0, 0.05) is 19.4 Å². The van der Waals surface area contributed by atoms with Crippen molar-refractivity contribution in [1.82, 2.24) is 0 Å². The highest BCUT2D eigenvalue weighted by Crippen LogP contribution is 2.43. The third kappa shape index (κ3) is 50.4. The van der Waals surface area contributed by atoms with Gasteiger partial charge in [-0.15, -0.1) is 0 Å². The molecule has 0 saturated heterocycles. The summed E-state index contributed by atoms with van der Waals surface area (Å²) in [5, 5.41) is 0. The summed E-state index contributed by atoms with van der Waals surface area (Å²) in [7, 11) is -4.39. The molecule has 0 aliphatic heterocycles. The first-order chi connectivity index (χ1) is 31.8. The first kappa shape index (κ1) is 62.2. The van der Waals surface area contributed by atoms with Crippen LogP contribution in [-0.4, -0.2) is 49.3 Å². The Morgan fingerprint density at radius 2 is 0.846 bits per heavy atom. The van der Waals surface area contributed by atoms with Gasteiger partial charge >= 0.3 is 19.8 Å². The Morgan fingerprint density at radius 1 is 0.477 bits per heavy atom. The van der Waals surface area contributed by atoms with Crippen LogP contribution in [0.4, 0.5) is 0 Å². The second kappa shape index (κ2) is 50.6. The Bertz CT molecular complexity index is 1340. The smallest absolute Gasteiger partial charge is 0.462 e. The lowest BCUT2D eigenvalue weighted by molar-refractivity contribution is -0.161. The molecule has 0 fully saturated rings. The maximum Gasteiger partial charge on any atom is 0.472 e. The van der Waals surface area contributed by atoms with Gasteiger partial charge in [-0.3, -0.25) is 18.6 Å². The SMILES string of the molecule is CC/C=C\C/C=C\C/C=C\C/C=C\CCCCCCCCCCCCCCC(=O)OC(COC(=O)CCCCCCCC/C=C\C/C=C\C/C=C\CCCCC)COP(=O)(O)OCCN. The van der Waals surface area contributed by atoms with E-state index in [1.54, 1.807) is 0 Å². The van der Waals surface area contributed by atoms with E-state index >= 15 is 0 Å². The van der Waals surface area contributed by atoms with Crippen molar-refractivity contribution in [3.8, 4) is 0 Å². The third-order valence-corrected chi connectivity index (χ3v) is 11.7. The molecule has 0 amide bonds. The number of allylic oxidation sites excluding steroid dienone is 14. The number of rotatable bonds is 48. The van der Waals surface area contributed by atoms with Gasteiger partial charge in [-0.25, -0.2) is 4.57 Å². The van der Waals surface area contributed by atoms with Crippen molar-refractivity contribution in [3.63, 3.8) is 0 Å². The predicted octanol–water partition coefficient (Wildman–Crippen LogP) is 16.0. The summed E-state index contributed by atoms with van der Waals surface area (Å²) in [6, 6.07) is 0. The van der Waals surface area contributed by atoms with E-state index in [4.69, 9.17) is 24.3 Å². The molecule has 9 nitrogen and oxygen atoms in total. The minimum absolute atomic E-state index is 0.0474. The van der Waals surface area contributed by atoms with Gasteiger partial charge in [0.2, 0.25) is 0 Å². The molecular formula is C55H96NO8P. The highest BCUT2D eigenvalue weighted by molar-refractivity contribution is 7.47. The Hall–Kier alpha value is -2.81. The Balaban J connectivity index is 4.06. The van der Waals surface area contributed by atoms with Gasteiger partial charge in [-0.2, -0.15) is 0 Å². The molecule has 0 aromatic heterocycles. The second-order valence-corrected chi connectivity index (χ2v) is 18.5. The van der Waals surface area contributed by atoms with Crippen LogP contribution in [0.15, 0.2) is 85.1 Å². The molecule has 0 saturated carbocycles. The van der Waals surface area contributed by atoms with Gasteiger partial charge in [0.25, 0.3) is 0 Å². The summed E-state index contributed by atoms with van der Waals surface area (Å²) >= 11 is 0. The zero-order chi connectivity index (χ0) is 47.4. The van der Waals surface area contributed by atoms with Gasteiger partial charge in [0.05, 0.1) is 13.2 Å². The first-order valence-electron chi connectivity index (χ1n) is 26.1. The molecule has 0 bridgehead atoms. The van der Waals surface area contributed by atoms with E-state index in [1.807, 2.05) is 0 Å². The fourth-order valence-electron chi connectivity index (χ4n) is 6.93. The number of phosphoric ester groups is 1. The van der Waals surface area contributed by atoms with Crippen molar-refractivity contribution < 1.29 is 37.6 Å². The number of ether oxygens (including phenoxy) is 2. The molecule has 374 valence electrons. The molecule has 0 spiro atoms. The van der Waals surface area contributed by atoms with Crippen LogP contribution >= 0.6 is 7.82 Å². The van der Waals surface area contributed by atoms with Crippen molar-refractivity contribution in [2.24, 2.45) is 5.73 Å². The van der Waals surface area contributed by atoms with Crippen molar-refractivity contribution in [3.05, 3.63) is 85.1 Å². The van der Waals surface area contributed by atoms with Gasteiger partial charge in [-0.05, 0) is 89.9 Å². The number of hydrogen-bond acceptors (Lipinski definition) is 8. The maximum atomic E-state index is 12.7. The molecule has 65 heavy (non-hydrogen) atoms.